The molecule has 0 unspecified atom stereocenters. The van der Waals surface area contributed by atoms with Gasteiger partial charge in [0.15, 0.2) is 0 Å². The number of carbonyl (C=O) groups is 1. The zero-order valence-corrected chi connectivity index (χ0v) is 12.2. The van der Waals surface area contributed by atoms with Gasteiger partial charge in [-0.15, -0.1) is 0 Å². The van der Waals surface area contributed by atoms with Crippen LogP contribution in [-0.4, -0.2) is 17.6 Å². The molecule has 0 aliphatic carbocycles. The quantitative estimate of drug-likeness (QED) is 0.826. The Bertz CT molecular complexity index is 624. The monoisotopic (exact) mass is 285 g/mol. The van der Waals surface area contributed by atoms with Crippen molar-refractivity contribution in [3.8, 4) is 0 Å². The maximum atomic E-state index is 11.8. The molecule has 0 atom stereocenters. The van der Waals surface area contributed by atoms with Gasteiger partial charge in [0.25, 0.3) is 0 Å². The molecule has 0 saturated carbocycles. The van der Waals surface area contributed by atoms with Crippen molar-refractivity contribution in [2.24, 2.45) is 0 Å². The Morgan fingerprint density at radius 2 is 2.00 bits per heavy atom. The highest BCUT2D eigenvalue weighted by Crippen LogP contribution is 2.21. The number of ether oxygens (including phenoxy) is 1. The first-order chi connectivity index (χ1) is 10.1. The smallest absolute Gasteiger partial charge is 0.340 e. The molecule has 0 radical (unpaired) electrons. The Kier molecular flexibility index (Phi) is 4.77. The second-order valence-electron chi connectivity index (χ2n) is 4.68. The van der Waals surface area contributed by atoms with E-state index in [2.05, 4.69) is 10.3 Å². The molecule has 110 valence electrons. The minimum Gasteiger partial charge on any atom is -0.462 e. The van der Waals surface area contributed by atoms with E-state index >= 15 is 0 Å². The third-order valence-electron chi connectivity index (χ3n) is 3.07. The number of anilines is 2. The normalized spacial score (nSPS) is 10.2. The fourth-order valence-corrected chi connectivity index (χ4v) is 1.89. The van der Waals surface area contributed by atoms with Gasteiger partial charge < -0.3 is 15.8 Å². The zero-order chi connectivity index (χ0) is 15.2. The number of benzene rings is 1. The number of hydrogen-bond donors (Lipinski definition) is 2. The summed E-state index contributed by atoms with van der Waals surface area (Å²) in [5, 5.41) is 3.14. The van der Waals surface area contributed by atoms with E-state index in [0.29, 0.717) is 30.2 Å². The topological polar surface area (TPSA) is 77.2 Å². The molecule has 5 nitrogen and oxygen atoms in total. The van der Waals surface area contributed by atoms with Crippen LogP contribution in [0.4, 0.5) is 11.5 Å². The van der Waals surface area contributed by atoms with Crippen LogP contribution in [0.15, 0.2) is 36.5 Å². The van der Waals surface area contributed by atoms with Gasteiger partial charge in [-0.05, 0) is 25.5 Å². The first-order valence-corrected chi connectivity index (χ1v) is 6.82. The van der Waals surface area contributed by atoms with Crippen molar-refractivity contribution in [2.45, 2.75) is 20.4 Å². The van der Waals surface area contributed by atoms with Crippen LogP contribution in [0.3, 0.4) is 0 Å². The predicted molar refractivity (Wildman–Crippen MR) is 83.1 cm³/mol. The van der Waals surface area contributed by atoms with E-state index in [1.165, 1.54) is 5.56 Å². The molecular weight excluding hydrogens is 266 g/mol. The van der Waals surface area contributed by atoms with E-state index in [9.17, 15) is 4.79 Å². The molecule has 21 heavy (non-hydrogen) atoms. The van der Waals surface area contributed by atoms with E-state index in [0.717, 1.165) is 5.56 Å². The van der Waals surface area contributed by atoms with E-state index in [-0.39, 0.29) is 0 Å². The van der Waals surface area contributed by atoms with Crippen LogP contribution >= 0.6 is 0 Å². The van der Waals surface area contributed by atoms with Gasteiger partial charge >= 0.3 is 5.97 Å². The highest BCUT2D eigenvalue weighted by Gasteiger charge is 2.14. The third kappa shape index (κ3) is 3.72. The lowest BCUT2D eigenvalue weighted by atomic mass is 10.1. The van der Waals surface area contributed by atoms with Crippen molar-refractivity contribution in [3.05, 3.63) is 53.2 Å². The molecule has 1 heterocycles. The van der Waals surface area contributed by atoms with Crippen LogP contribution in [0.25, 0.3) is 0 Å². The van der Waals surface area contributed by atoms with Gasteiger partial charge in [-0.1, -0.05) is 29.8 Å². The number of carbonyl (C=O) groups excluding carboxylic acids is 1. The molecule has 1 aromatic heterocycles. The summed E-state index contributed by atoms with van der Waals surface area (Å²) < 4.78 is 4.97. The Morgan fingerprint density at radius 1 is 1.29 bits per heavy atom. The number of hydrogen-bond acceptors (Lipinski definition) is 5. The summed E-state index contributed by atoms with van der Waals surface area (Å²) >= 11 is 0. The number of nitrogen functional groups attached to an aromatic ring is 1. The number of nitrogens with zero attached hydrogens (tertiary/aromatic N) is 1. The van der Waals surface area contributed by atoms with Crippen molar-refractivity contribution >= 4 is 17.5 Å². The van der Waals surface area contributed by atoms with Gasteiger partial charge in [0.2, 0.25) is 0 Å². The van der Waals surface area contributed by atoms with E-state index in [1.54, 1.807) is 19.2 Å². The number of pyridine rings is 1. The molecule has 0 fully saturated rings. The molecule has 0 spiro atoms. The van der Waals surface area contributed by atoms with Crippen molar-refractivity contribution in [2.75, 3.05) is 17.7 Å². The Balaban J connectivity index is 2.11. The summed E-state index contributed by atoms with van der Waals surface area (Å²) in [6.07, 6.45) is 1.54. The van der Waals surface area contributed by atoms with Crippen LogP contribution in [0.1, 0.15) is 28.4 Å². The lowest BCUT2D eigenvalue weighted by Gasteiger charge is -2.11. The van der Waals surface area contributed by atoms with E-state index in [1.807, 2.05) is 31.2 Å². The predicted octanol–water partition coefficient (Wildman–Crippen LogP) is 2.76. The lowest BCUT2D eigenvalue weighted by molar-refractivity contribution is 0.0527. The van der Waals surface area contributed by atoms with Crippen molar-refractivity contribution in [3.63, 3.8) is 0 Å². The number of esters is 1. The lowest BCUT2D eigenvalue weighted by Crippen LogP contribution is -2.12. The van der Waals surface area contributed by atoms with Crippen molar-refractivity contribution < 1.29 is 9.53 Å². The maximum Gasteiger partial charge on any atom is 0.340 e. The highest BCUT2D eigenvalue weighted by atomic mass is 16.5. The van der Waals surface area contributed by atoms with Crippen molar-refractivity contribution in [1.29, 1.82) is 0 Å². The summed E-state index contributed by atoms with van der Waals surface area (Å²) in [6.45, 7) is 4.70. The van der Waals surface area contributed by atoms with Gasteiger partial charge in [0, 0.05) is 12.7 Å². The van der Waals surface area contributed by atoms with Crippen LogP contribution in [0.2, 0.25) is 0 Å². The Morgan fingerprint density at radius 3 is 2.67 bits per heavy atom. The van der Waals surface area contributed by atoms with Gasteiger partial charge in [0.1, 0.15) is 5.82 Å². The average Bonchev–Trinajstić information content (AvgIpc) is 2.48. The van der Waals surface area contributed by atoms with E-state index in [4.69, 9.17) is 10.5 Å². The Hall–Kier alpha value is -2.56. The molecule has 0 amide bonds. The SMILES string of the molecule is CCOC(=O)c1ccnc(NCc2ccc(C)cc2)c1N. The van der Waals surface area contributed by atoms with Gasteiger partial charge in [-0.25, -0.2) is 9.78 Å². The minimum atomic E-state index is -0.434. The number of aromatic nitrogens is 1. The summed E-state index contributed by atoms with van der Waals surface area (Å²) in [4.78, 5) is 15.9. The summed E-state index contributed by atoms with van der Waals surface area (Å²) in [6, 6.07) is 9.72. The van der Waals surface area contributed by atoms with Gasteiger partial charge in [-0.3, -0.25) is 0 Å². The van der Waals surface area contributed by atoms with Crippen molar-refractivity contribution in [1.82, 2.24) is 4.98 Å². The Labute approximate surface area is 124 Å². The number of nitrogens with two attached hydrogens (primary N) is 1. The molecular formula is C16H19N3O2. The molecule has 3 N–H and O–H groups in total. The molecule has 0 saturated heterocycles. The van der Waals surface area contributed by atoms with Crippen LogP contribution in [0, 0.1) is 6.92 Å². The number of aryl methyl sites for hydroxylation is 1. The number of rotatable bonds is 5. The molecule has 2 aromatic rings. The fourth-order valence-electron chi connectivity index (χ4n) is 1.89. The second kappa shape index (κ2) is 6.74. The van der Waals surface area contributed by atoms with Crippen LogP contribution < -0.4 is 11.1 Å². The minimum absolute atomic E-state index is 0.308. The molecule has 2 rings (SSSR count). The molecule has 0 aliphatic rings. The first kappa shape index (κ1) is 14.8. The maximum absolute atomic E-state index is 11.8. The summed E-state index contributed by atoms with van der Waals surface area (Å²) in [7, 11) is 0. The van der Waals surface area contributed by atoms with Crippen LogP contribution in [-0.2, 0) is 11.3 Å². The first-order valence-electron chi connectivity index (χ1n) is 6.82. The van der Waals surface area contributed by atoms with Crippen LogP contribution in [0.5, 0.6) is 0 Å². The van der Waals surface area contributed by atoms with Gasteiger partial charge in [-0.2, -0.15) is 0 Å². The standard InChI is InChI=1S/C16H19N3O2/c1-3-21-16(20)13-8-9-18-15(14(13)17)19-10-12-6-4-11(2)5-7-12/h4-9H,3,10,17H2,1-2H3,(H,18,19). The van der Waals surface area contributed by atoms with Gasteiger partial charge in [0.05, 0.1) is 17.9 Å². The zero-order valence-electron chi connectivity index (χ0n) is 12.2. The average molecular weight is 285 g/mol. The van der Waals surface area contributed by atoms with E-state index < -0.39 is 5.97 Å². The molecule has 1 aromatic carbocycles. The largest absolute Gasteiger partial charge is 0.462 e. The second-order valence-corrected chi connectivity index (χ2v) is 4.68. The highest BCUT2D eigenvalue weighted by molar-refractivity contribution is 5.97. The third-order valence-corrected chi connectivity index (χ3v) is 3.07. The molecule has 0 bridgehead atoms. The molecule has 0 aliphatic heterocycles. The fraction of sp³-hybridized carbons (Fsp3) is 0.250. The molecule has 5 heteroatoms. The number of nitrogens with one attached hydrogen (secondary N) is 1. The summed E-state index contributed by atoms with van der Waals surface area (Å²) in [5.74, 6) is 0.0527. The summed E-state index contributed by atoms with van der Waals surface area (Å²) in [5.41, 5.74) is 8.94.